The second kappa shape index (κ2) is 8.81. The monoisotopic (exact) mass is 413 g/mol. The molecule has 1 saturated heterocycles. The molecule has 1 fully saturated rings. The first-order valence-electron chi connectivity index (χ1n) is 10.7. The third-order valence-electron chi connectivity index (χ3n) is 6.08. The lowest BCUT2D eigenvalue weighted by Crippen LogP contribution is -2.35. The Labute approximate surface area is 182 Å². The van der Waals surface area contributed by atoms with Crippen molar-refractivity contribution in [3.05, 3.63) is 83.9 Å². The maximum atomic E-state index is 5.59. The normalized spacial score (nSPS) is 15.1. The maximum absolute atomic E-state index is 5.59. The smallest absolute Gasteiger partial charge is 0.0594 e. The topological polar surface area (TPSA) is 12.5 Å². The van der Waals surface area contributed by atoms with Crippen LogP contribution in [0.1, 0.15) is 11.1 Å². The van der Waals surface area contributed by atoms with Crippen molar-refractivity contribution >= 4 is 33.3 Å². The number of hydrogen-bond donors (Lipinski definition) is 0. The van der Waals surface area contributed by atoms with Crippen molar-refractivity contribution in [3.63, 3.8) is 0 Å². The second-order valence-corrected chi connectivity index (χ2v) is 8.83. The first-order valence-corrected chi connectivity index (χ1v) is 12.0. The first kappa shape index (κ1) is 19.6. The van der Waals surface area contributed by atoms with Gasteiger partial charge in [0.15, 0.2) is 0 Å². The lowest BCUT2D eigenvalue weighted by molar-refractivity contribution is 0.0343. The van der Waals surface area contributed by atoms with Gasteiger partial charge in [-0.15, -0.1) is 0 Å². The summed E-state index contributed by atoms with van der Waals surface area (Å²) in [5.74, 6) is 1.01. The van der Waals surface area contributed by atoms with Gasteiger partial charge >= 0.3 is 0 Å². The van der Waals surface area contributed by atoms with E-state index in [9.17, 15) is 0 Å². The summed E-state index contributed by atoms with van der Waals surface area (Å²) in [7, 11) is 0. The minimum absolute atomic E-state index is 0.828. The number of rotatable bonds is 5. The van der Waals surface area contributed by atoms with Gasteiger partial charge in [-0.3, -0.25) is 4.90 Å². The Bertz CT molecular complexity index is 1180. The van der Waals surface area contributed by atoms with Crippen molar-refractivity contribution in [3.8, 4) is 11.1 Å². The van der Waals surface area contributed by atoms with E-state index in [1.165, 1.54) is 43.8 Å². The third-order valence-corrected chi connectivity index (χ3v) is 6.68. The minimum atomic E-state index is 0.828. The molecule has 5 rings (SSSR count). The Morgan fingerprint density at radius 3 is 1.93 bits per heavy atom. The van der Waals surface area contributed by atoms with Crippen molar-refractivity contribution in [2.75, 3.05) is 32.6 Å². The van der Waals surface area contributed by atoms with Crippen LogP contribution in [0.3, 0.4) is 0 Å². The number of ether oxygens (including phenoxy) is 1. The Morgan fingerprint density at radius 2 is 1.30 bits per heavy atom. The van der Waals surface area contributed by atoms with Crippen LogP contribution in [-0.4, -0.2) is 37.5 Å². The average molecular weight is 414 g/mol. The van der Waals surface area contributed by atoms with E-state index in [2.05, 4.69) is 84.0 Å². The molecular formula is C27H27NOS. The van der Waals surface area contributed by atoms with Crippen LogP contribution in [0.25, 0.3) is 32.7 Å². The van der Waals surface area contributed by atoms with Crippen molar-refractivity contribution in [2.45, 2.75) is 12.3 Å². The van der Waals surface area contributed by atoms with Crippen molar-refractivity contribution in [1.82, 2.24) is 4.90 Å². The summed E-state index contributed by atoms with van der Waals surface area (Å²) in [6.45, 7) is 4.62. The zero-order valence-electron chi connectivity index (χ0n) is 17.4. The van der Waals surface area contributed by atoms with Gasteiger partial charge in [0, 0.05) is 25.4 Å². The molecule has 2 nitrogen and oxygen atoms in total. The predicted molar refractivity (Wildman–Crippen MR) is 130 cm³/mol. The number of fused-ring (bicyclic) bond motifs is 2. The molecule has 0 atom stereocenters. The van der Waals surface area contributed by atoms with Crippen molar-refractivity contribution in [1.29, 1.82) is 0 Å². The molecule has 4 aromatic rings. The molecule has 30 heavy (non-hydrogen) atoms. The van der Waals surface area contributed by atoms with E-state index in [0.29, 0.717) is 0 Å². The summed E-state index contributed by atoms with van der Waals surface area (Å²) in [4.78, 5) is 2.52. The van der Waals surface area contributed by atoms with E-state index in [-0.39, 0.29) is 0 Å². The second-order valence-electron chi connectivity index (χ2n) is 7.96. The largest absolute Gasteiger partial charge is 0.379 e. The van der Waals surface area contributed by atoms with Crippen LogP contribution in [0.5, 0.6) is 0 Å². The summed E-state index contributed by atoms with van der Waals surface area (Å²) in [5, 5.41) is 5.31. The van der Waals surface area contributed by atoms with Crippen LogP contribution < -0.4 is 0 Å². The lowest BCUT2D eigenvalue weighted by atomic mass is 9.87. The minimum Gasteiger partial charge on any atom is -0.379 e. The zero-order valence-corrected chi connectivity index (χ0v) is 18.3. The Balaban J connectivity index is 1.79. The summed E-state index contributed by atoms with van der Waals surface area (Å²) in [5.41, 5.74) is 5.64. The van der Waals surface area contributed by atoms with Gasteiger partial charge < -0.3 is 4.74 Å². The van der Waals surface area contributed by atoms with Crippen LogP contribution in [0, 0.1) is 0 Å². The molecular weight excluding hydrogens is 386 g/mol. The molecule has 0 unspecified atom stereocenters. The number of thioether (sulfide) groups is 1. The van der Waals surface area contributed by atoms with Crippen molar-refractivity contribution in [2.24, 2.45) is 0 Å². The molecule has 4 aromatic carbocycles. The predicted octanol–water partition coefficient (Wildman–Crippen LogP) is 6.36. The van der Waals surface area contributed by atoms with Gasteiger partial charge in [-0.1, -0.05) is 72.8 Å². The fourth-order valence-corrected chi connectivity index (χ4v) is 5.18. The number of hydrogen-bond acceptors (Lipinski definition) is 3. The van der Waals surface area contributed by atoms with Gasteiger partial charge in [0.1, 0.15) is 0 Å². The number of benzene rings is 4. The highest BCUT2D eigenvalue weighted by Crippen LogP contribution is 2.40. The number of morpholine rings is 1. The van der Waals surface area contributed by atoms with Crippen LogP contribution in [0.15, 0.2) is 72.8 Å². The van der Waals surface area contributed by atoms with Gasteiger partial charge in [-0.2, -0.15) is 11.8 Å². The Morgan fingerprint density at radius 1 is 0.733 bits per heavy atom. The molecule has 0 bridgehead atoms. The maximum Gasteiger partial charge on any atom is 0.0594 e. The van der Waals surface area contributed by atoms with Gasteiger partial charge in [-0.25, -0.2) is 0 Å². The van der Waals surface area contributed by atoms with E-state index in [1.807, 2.05) is 11.8 Å². The molecule has 1 aliphatic rings. The molecule has 152 valence electrons. The molecule has 0 aromatic heterocycles. The van der Waals surface area contributed by atoms with E-state index in [1.54, 1.807) is 0 Å². The van der Waals surface area contributed by atoms with Gasteiger partial charge in [0.25, 0.3) is 0 Å². The van der Waals surface area contributed by atoms with Crippen molar-refractivity contribution < 1.29 is 4.74 Å². The quantitative estimate of drug-likeness (QED) is 0.378. The molecule has 3 heteroatoms. The fourth-order valence-electron chi connectivity index (χ4n) is 4.63. The summed E-state index contributed by atoms with van der Waals surface area (Å²) < 4.78 is 5.59. The third kappa shape index (κ3) is 3.74. The zero-order chi connectivity index (χ0) is 20.3. The first-order chi connectivity index (χ1) is 14.8. The van der Waals surface area contributed by atoms with E-state index >= 15 is 0 Å². The van der Waals surface area contributed by atoms with E-state index in [4.69, 9.17) is 4.74 Å². The highest BCUT2D eigenvalue weighted by molar-refractivity contribution is 7.97. The Kier molecular flexibility index (Phi) is 5.76. The molecule has 0 saturated carbocycles. The summed E-state index contributed by atoms with van der Waals surface area (Å²) in [6, 6.07) is 26.9. The van der Waals surface area contributed by atoms with E-state index in [0.717, 1.165) is 38.6 Å². The highest BCUT2D eigenvalue weighted by atomic mass is 32.2. The molecule has 1 aliphatic heterocycles. The van der Waals surface area contributed by atoms with Gasteiger partial charge in [-0.05, 0) is 50.1 Å². The Hall–Kier alpha value is -2.33. The summed E-state index contributed by atoms with van der Waals surface area (Å²) in [6.07, 6.45) is 2.19. The van der Waals surface area contributed by atoms with Gasteiger partial charge in [0.2, 0.25) is 0 Å². The van der Waals surface area contributed by atoms with E-state index < -0.39 is 0 Å². The molecule has 0 amide bonds. The molecule has 0 aliphatic carbocycles. The SMILES string of the molecule is CSCc1ccc2ccccc2c1-c1c(CN2CCOCC2)ccc2ccccc12. The molecule has 0 spiro atoms. The van der Waals surface area contributed by atoms with Crippen LogP contribution in [0.2, 0.25) is 0 Å². The summed E-state index contributed by atoms with van der Waals surface area (Å²) >= 11 is 1.89. The molecule has 1 heterocycles. The standard InChI is InChI=1S/C27H27NOS/c1-30-19-23-13-11-21-7-3-5-9-25(21)27(23)26-22(18-28-14-16-29-17-15-28)12-10-20-6-2-4-8-24(20)26/h2-13H,14-19H2,1H3. The van der Waals surface area contributed by atoms with Crippen LogP contribution >= 0.6 is 11.8 Å². The fraction of sp³-hybridized carbons (Fsp3) is 0.259. The van der Waals surface area contributed by atoms with Gasteiger partial charge in [0.05, 0.1) is 13.2 Å². The van der Waals surface area contributed by atoms with Crippen LogP contribution in [0.4, 0.5) is 0 Å². The average Bonchev–Trinajstić information content (AvgIpc) is 2.80. The van der Waals surface area contributed by atoms with Crippen LogP contribution in [-0.2, 0) is 17.0 Å². The molecule has 0 radical (unpaired) electrons. The number of nitrogens with zero attached hydrogens (tertiary/aromatic N) is 1. The molecule has 0 N–H and O–H groups in total. The lowest BCUT2D eigenvalue weighted by Gasteiger charge is -2.28. The highest BCUT2D eigenvalue weighted by Gasteiger charge is 2.19.